The maximum Gasteiger partial charge on any atom is 0.143 e. The third-order valence-corrected chi connectivity index (χ3v) is 5.46. The van der Waals surface area contributed by atoms with Crippen LogP contribution in [0.25, 0.3) is 0 Å². The molecule has 108 valence electrons. The number of ether oxygens (including phenoxy) is 1. The summed E-state index contributed by atoms with van der Waals surface area (Å²) >= 11 is 3.55. The topological polar surface area (TPSA) is 26.3 Å². The number of hydrogen-bond donors (Lipinski definition) is 0. The minimum Gasteiger partial charge on any atom is -0.493 e. The Bertz CT molecular complexity index is 530. The molecule has 3 rings (SSSR count). The Morgan fingerprint density at radius 1 is 1.35 bits per heavy atom. The Morgan fingerprint density at radius 2 is 2.10 bits per heavy atom. The molecule has 20 heavy (non-hydrogen) atoms. The molecule has 2 nitrogen and oxygen atoms in total. The van der Waals surface area contributed by atoms with Gasteiger partial charge in [0.05, 0.1) is 6.61 Å². The van der Waals surface area contributed by atoms with Gasteiger partial charge in [0, 0.05) is 28.3 Å². The summed E-state index contributed by atoms with van der Waals surface area (Å²) in [5, 5.41) is 0. The van der Waals surface area contributed by atoms with Crippen molar-refractivity contribution in [3.05, 3.63) is 27.7 Å². The summed E-state index contributed by atoms with van der Waals surface area (Å²) < 4.78 is 6.80. The lowest BCUT2D eigenvalue weighted by Crippen LogP contribution is -2.29. The van der Waals surface area contributed by atoms with Gasteiger partial charge >= 0.3 is 0 Å². The maximum atomic E-state index is 12.8. The Labute approximate surface area is 129 Å². The zero-order chi connectivity index (χ0) is 14.2. The molecule has 3 heteroatoms. The van der Waals surface area contributed by atoms with Gasteiger partial charge in [-0.05, 0) is 37.0 Å². The highest BCUT2D eigenvalue weighted by molar-refractivity contribution is 9.10. The maximum absolute atomic E-state index is 12.8. The molecule has 1 aromatic rings. The first-order valence-corrected chi connectivity index (χ1v) is 8.41. The van der Waals surface area contributed by atoms with Gasteiger partial charge in [-0.3, -0.25) is 4.79 Å². The molecule has 1 saturated carbocycles. The first-order valence-electron chi connectivity index (χ1n) is 7.62. The number of fused-ring (bicyclic) bond motifs is 1. The zero-order valence-corrected chi connectivity index (χ0v) is 13.6. The van der Waals surface area contributed by atoms with Crippen LogP contribution in [0, 0.1) is 5.41 Å². The molecule has 1 aliphatic carbocycles. The van der Waals surface area contributed by atoms with Crippen LogP contribution in [0.1, 0.15) is 50.2 Å². The van der Waals surface area contributed by atoms with E-state index in [1.165, 1.54) is 18.4 Å². The van der Waals surface area contributed by atoms with E-state index in [4.69, 9.17) is 4.74 Å². The first-order chi connectivity index (χ1) is 9.64. The molecule has 0 amide bonds. The summed E-state index contributed by atoms with van der Waals surface area (Å²) in [5.41, 5.74) is 2.24. The Morgan fingerprint density at radius 3 is 2.80 bits per heavy atom. The van der Waals surface area contributed by atoms with Crippen molar-refractivity contribution in [2.24, 2.45) is 5.41 Å². The number of Topliss-reactive ketones (excluding diaryl/α,β-unsaturated/α-hetero) is 1. The quantitative estimate of drug-likeness (QED) is 0.810. The van der Waals surface area contributed by atoms with E-state index in [2.05, 4.69) is 35.0 Å². The monoisotopic (exact) mass is 336 g/mol. The van der Waals surface area contributed by atoms with E-state index in [-0.39, 0.29) is 5.41 Å². The Balaban J connectivity index is 1.86. The van der Waals surface area contributed by atoms with Crippen LogP contribution in [0.5, 0.6) is 5.75 Å². The van der Waals surface area contributed by atoms with E-state index in [1.54, 1.807) is 0 Å². The summed E-state index contributed by atoms with van der Waals surface area (Å²) in [6.45, 7) is 2.90. The molecule has 0 N–H and O–H groups in total. The highest BCUT2D eigenvalue weighted by atomic mass is 79.9. The average Bonchev–Trinajstić information content (AvgIpc) is 3.07. The van der Waals surface area contributed by atoms with Crippen LogP contribution in [-0.4, -0.2) is 12.4 Å². The minimum absolute atomic E-state index is 0.0617. The van der Waals surface area contributed by atoms with Gasteiger partial charge in [0.15, 0.2) is 0 Å². The molecule has 1 aliphatic heterocycles. The number of carbonyl (C=O) groups is 1. The molecule has 1 aromatic carbocycles. The van der Waals surface area contributed by atoms with Crippen molar-refractivity contribution in [3.63, 3.8) is 0 Å². The van der Waals surface area contributed by atoms with Crippen molar-refractivity contribution in [2.75, 3.05) is 6.61 Å². The van der Waals surface area contributed by atoms with Gasteiger partial charge in [0.2, 0.25) is 0 Å². The minimum atomic E-state index is -0.0617. The van der Waals surface area contributed by atoms with E-state index in [0.29, 0.717) is 12.2 Å². The largest absolute Gasteiger partial charge is 0.493 e. The lowest BCUT2D eigenvalue weighted by Gasteiger charge is -2.26. The van der Waals surface area contributed by atoms with Crippen LogP contribution in [0.3, 0.4) is 0 Å². The SMILES string of the molecule is CCC1(C(=O)Cc2cc(Br)cc3c2OCC3)CCCC1. The van der Waals surface area contributed by atoms with Crippen LogP contribution in [0.2, 0.25) is 0 Å². The van der Waals surface area contributed by atoms with Crippen molar-refractivity contribution in [3.8, 4) is 5.75 Å². The van der Waals surface area contributed by atoms with Crippen LogP contribution in [0.4, 0.5) is 0 Å². The molecule has 0 saturated heterocycles. The predicted molar refractivity (Wildman–Crippen MR) is 83.2 cm³/mol. The van der Waals surface area contributed by atoms with Crippen LogP contribution in [-0.2, 0) is 17.6 Å². The highest BCUT2D eigenvalue weighted by Crippen LogP contribution is 2.43. The van der Waals surface area contributed by atoms with Crippen molar-refractivity contribution in [2.45, 2.75) is 51.9 Å². The van der Waals surface area contributed by atoms with Crippen LogP contribution >= 0.6 is 15.9 Å². The van der Waals surface area contributed by atoms with E-state index in [9.17, 15) is 4.79 Å². The van der Waals surface area contributed by atoms with Gasteiger partial charge in [0.25, 0.3) is 0 Å². The van der Waals surface area contributed by atoms with E-state index in [0.717, 1.165) is 48.1 Å². The molecule has 0 atom stereocenters. The molecule has 1 fully saturated rings. The summed E-state index contributed by atoms with van der Waals surface area (Å²) in [6, 6.07) is 4.17. The van der Waals surface area contributed by atoms with Gasteiger partial charge in [-0.2, -0.15) is 0 Å². The fourth-order valence-corrected chi connectivity index (χ4v) is 4.27. The molecule has 0 aromatic heterocycles. The second kappa shape index (κ2) is 5.51. The van der Waals surface area contributed by atoms with Crippen molar-refractivity contribution >= 4 is 21.7 Å². The molecule has 0 unspecified atom stereocenters. The standard InChI is InChI=1S/C17H21BrO2/c1-2-17(6-3-4-7-17)15(19)11-13-10-14(18)9-12-5-8-20-16(12)13/h9-10H,2-8,11H2,1H3. The summed E-state index contributed by atoms with van der Waals surface area (Å²) in [5.74, 6) is 1.37. The molecule has 0 bridgehead atoms. The second-order valence-corrected chi connectivity index (χ2v) is 7.01. The average molecular weight is 337 g/mol. The summed E-state index contributed by atoms with van der Waals surface area (Å²) in [7, 11) is 0. The zero-order valence-electron chi connectivity index (χ0n) is 12.0. The van der Waals surface area contributed by atoms with Crippen molar-refractivity contribution in [1.82, 2.24) is 0 Å². The third kappa shape index (κ3) is 2.41. The number of carbonyl (C=O) groups excluding carboxylic acids is 1. The summed E-state index contributed by atoms with van der Waals surface area (Å²) in [4.78, 5) is 12.8. The lowest BCUT2D eigenvalue weighted by molar-refractivity contribution is -0.128. The molecule has 1 heterocycles. The fraction of sp³-hybridized carbons (Fsp3) is 0.588. The second-order valence-electron chi connectivity index (χ2n) is 6.09. The molecule has 0 spiro atoms. The molecule has 2 aliphatic rings. The van der Waals surface area contributed by atoms with Crippen LogP contribution in [0.15, 0.2) is 16.6 Å². The number of rotatable bonds is 4. The molecular formula is C17H21BrO2. The van der Waals surface area contributed by atoms with E-state index in [1.807, 2.05) is 0 Å². The van der Waals surface area contributed by atoms with E-state index >= 15 is 0 Å². The number of benzene rings is 1. The molecule has 0 radical (unpaired) electrons. The highest BCUT2D eigenvalue weighted by Gasteiger charge is 2.39. The first kappa shape index (κ1) is 14.1. The van der Waals surface area contributed by atoms with Gasteiger partial charge < -0.3 is 4.74 Å². The number of halogens is 1. The normalized spacial score (nSPS) is 19.7. The van der Waals surface area contributed by atoms with Crippen molar-refractivity contribution in [1.29, 1.82) is 0 Å². The number of ketones is 1. The van der Waals surface area contributed by atoms with Crippen LogP contribution < -0.4 is 4.74 Å². The van der Waals surface area contributed by atoms with Gasteiger partial charge in [-0.1, -0.05) is 35.7 Å². The Hall–Kier alpha value is -0.830. The van der Waals surface area contributed by atoms with Gasteiger partial charge in [-0.25, -0.2) is 0 Å². The fourth-order valence-electron chi connectivity index (χ4n) is 3.72. The smallest absolute Gasteiger partial charge is 0.143 e. The van der Waals surface area contributed by atoms with Crippen molar-refractivity contribution < 1.29 is 9.53 Å². The third-order valence-electron chi connectivity index (χ3n) is 5.01. The number of hydrogen-bond acceptors (Lipinski definition) is 2. The predicted octanol–water partition coefficient (Wildman–Crippen LogP) is 4.47. The van der Waals surface area contributed by atoms with E-state index < -0.39 is 0 Å². The summed E-state index contributed by atoms with van der Waals surface area (Å²) in [6.07, 6.45) is 6.99. The lowest BCUT2D eigenvalue weighted by atomic mass is 9.77. The Kier molecular flexibility index (Phi) is 3.89. The van der Waals surface area contributed by atoms with Gasteiger partial charge in [0.1, 0.15) is 11.5 Å². The van der Waals surface area contributed by atoms with Gasteiger partial charge in [-0.15, -0.1) is 0 Å². The molecular weight excluding hydrogens is 316 g/mol.